The van der Waals surface area contributed by atoms with Gasteiger partial charge in [0.15, 0.2) is 16.3 Å². The van der Waals surface area contributed by atoms with Crippen LogP contribution in [0, 0.1) is 0 Å². The molecule has 9 heteroatoms. The molecule has 1 atom stereocenters. The summed E-state index contributed by atoms with van der Waals surface area (Å²) in [4.78, 5) is 32.4. The van der Waals surface area contributed by atoms with Gasteiger partial charge in [-0.1, -0.05) is 72.0 Å². The minimum Gasteiger partial charge on any atom is -0.489 e. The first kappa shape index (κ1) is 27.7. The number of aromatic nitrogens is 1. The Morgan fingerprint density at radius 3 is 2.73 bits per heavy atom. The topological polar surface area (TPSA) is 88.4 Å². The fourth-order valence-corrected chi connectivity index (χ4v) is 6.66. The monoisotopic (exact) mass is 604 g/mol. The molecule has 0 fully saturated rings. The lowest BCUT2D eigenvalue weighted by atomic mass is 9.95. The van der Waals surface area contributed by atoms with E-state index < -0.39 is 12.0 Å². The Balaban J connectivity index is 1.25. The second kappa shape index (κ2) is 11.5. The Morgan fingerprint density at radius 1 is 1.02 bits per heavy atom. The van der Waals surface area contributed by atoms with Crippen LogP contribution >= 0.6 is 11.3 Å². The van der Waals surface area contributed by atoms with Gasteiger partial charge in [-0.15, -0.1) is 0 Å². The van der Waals surface area contributed by atoms with E-state index in [4.69, 9.17) is 18.9 Å². The van der Waals surface area contributed by atoms with E-state index in [0.717, 1.165) is 21.9 Å². The highest BCUT2D eigenvalue weighted by atomic mass is 32.1. The Kier molecular flexibility index (Phi) is 7.23. The van der Waals surface area contributed by atoms with Crippen LogP contribution in [0.2, 0.25) is 0 Å². The Labute approximate surface area is 256 Å². The number of nitrogens with zero attached hydrogens (tertiary/aromatic N) is 2. The van der Waals surface area contributed by atoms with Gasteiger partial charge in [0.25, 0.3) is 5.56 Å². The van der Waals surface area contributed by atoms with E-state index >= 15 is 0 Å². The summed E-state index contributed by atoms with van der Waals surface area (Å²) in [6.07, 6.45) is 1.83. The van der Waals surface area contributed by atoms with Crippen LogP contribution in [0.5, 0.6) is 17.2 Å². The first-order chi connectivity index (χ1) is 21.5. The molecular weight excluding hydrogens is 576 g/mol. The van der Waals surface area contributed by atoms with Crippen molar-refractivity contribution >= 4 is 34.2 Å². The van der Waals surface area contributed by atoms with E-state index in [-0.39, 0.29) is 19.0 Å². The van der Waals surface area contributed by atoms with Gasteiger partial charge in [-0.3, -0.25) is 9.36 Å². The third-order valence-corrected chi connectivity index (χ3v) is 8.64. The van der Waals surface area contributed by atoms with Crippen LogP contribution in [0.4, 0.5) is 0 Å². The van der Waals surface area contributed by atoms with Crippen molar-refractivity contribution < 1.29 is 23.7 Å². The molecule has 0 saturated carbocycles. The van der Waals surface area contributed by atoms with Gasteiger partial charge in [-0.05, 0) is 71.7 Å². The summed E-state index contributed by atoms with van der Waals surface area (Å²) in [5.41, 5.74) is 3.16. The fraction of sp³-hybridized carbons (Fsp3) is 0.171. The van der Waals surface area contributed by atoms with Crippen molar-refractivity contribution in [3.63, 3.8) is 0 Å². The molecule has 5 aromatic rings. The maximum Gasteiger partial charge on any atom is 0.338 e. The number of allylic oxidation sites excluding steroid dienone is 1. The molecule has 1 aromatic heterocycles. The first-order valence-electron chi connectivity index (χ1n) is 14.3. The van der Waals surface area contributed by atoms with Gasteiger partial charge in [0.05, 0.1) is 28.5 Å². The molecule has 2 aliphatic heterocycles. The zero-order valence-electron chi connectivity index (χ0n) is 24.1. The predicted molar refractivity (Wildman–Crippen MR) is 168 cm³/mol. The summed E-state index contributed by atoms with van der Waals surface area (Å²) >= 11 is 1.27. The van der Waals surface area contributed by atoms with E-state index in [9.17, 15) is 9.59 Å². The molecule has 0 amide bonds. The fourth-order valence-electron chi connectivity index (χ4n) is 5.62. The van der Waals surface area contributed by atoms with Gasteiger partial charge in [0.1, 0.15) is 12.4 Å². The van der Waals surface area contributed by atoms with Gasteiger partial charge in [0.2, 0.25) is 6.79 Å². The van der Waals surface area contributed by atoms with Crippen molar-refractivity contribution in [1.82, 2.24) is 4.57 Å². The number of fused-ring (bicyclic) bond motifs is 3. The number of carbonyl (C=O) groups excluding carboxylic acids is 1. The molecular formula is C35H28N2O6S. The molecule has 0 spiro atoms. The van der Waals surface area contributed by atoms with Crippen LogP contribution in [0.15, 0.2) is 106 Å². The van der Waals surface area contributed by atoms with Crippen molar-refractivity contribution in [3.05, 3.63) is 133 Å². The van der Waals surface area contributed by atoms with Gasteiger partial charge >= 0.3 is 5.97 Å². The third-order valence-electron chi connectivity index (χ3n) is 7.66. The zero-order valence-corrected chi connectivity index (χ0v) is 24.9. The summed E-state index contributed by atoms with van der Waals surface area (Å²) in [6, 6.07) is 26.7. The van der Waals surface area contributed by atoms with Crippen LogP contribution in [0.25, 0.3) is 16.8 Å². The van der Waals surface area contributed by atoms with Crippen LogP contribution in [0.1, 0.15) is 36.6 Å². The molecule has 220 valence electrons. The highest BCUT2D eigenvalue weighted by Gasteiger charge is 2.34. The van der Waals surface area contributed by atoms with E-state index in [1.807, 2.05) is 54.6 Å². The number of thiazole rings is 1. The van der Waals surface area contributed by atoms with Gasteiger partial charge in [-0.25, -0.2) is 9.79 Å². The van der Waals surface area contributed by atoms with E-state index in [2.05, 4.69) is 29.3 Å². The second-order valence-electron chi connectivity index (χ2n) is 10.4. The lowest BCUT2D eigenvalue weighted by Crippen LogP contribution is -2.39. The highest BCUT2D eigenvalue weighted by Crippen LogP contribution is 2.38. The van der Waals surface area contributed by atoms with Crippen molar-refractivity contribution in [2.24, 2.45) is 4.99 Å². The van der Waals surface area contributed by atoms with Gasteiger partial charge in [-0.2, -0.15) is 0 Å². The lowest BCUT2D eigenvalue weighted by Gasteiger charge is -2.24. The molecule has 7 rings (SSSR count). The maximum absolute atomic E-state index is 14.0. The Hall–Kier alpha value is -5.15. The van der Waals surface area contributed by atoms with Gasteiger partial charge < -0.3 is 18.9 Å². The molecule has 3 heterocycles. The van der Waals surface area contributed by atoms with Crippen LogP contribution in [0.3, 0.4) is 0 Å². The Bertz CT molecular complexity index is 2140. The van der Waals surface area contributed by atoms with Crippen molar-refractivity contribution in [2.45, 2.75) is 26.5 Å². The summed E-state index contributed by atoms with van der Waals surface area (Å²) < 4.78 is 24.7. The standard InChI is InChI=1S/C35H28N2O6S/c1-3-40-34(39)31-21(2)36-35-37(32(31)24-14-15-28-29(18-24)43-20-42-28)33(38)30(44-35)17-22-8-6-12-26(16-22)41-19-25-11-7-10-23-9-4-5-13-27(23)25/h4-18,32H,3,19-20H2,1-2H3/b30-17-/t32-/m0/s1. The number of ether oxygens (including phenoxy) is 4. The van der Waals surface area contributed by atoms with Crippen LogP contribution in [-0.2, 0) is 16.1 Å². The van der Waals surface area contributed by atoms with Crippen molar-refractivity contribution in [2.75, 3.05) is 13.4 Å². The minimum absolute atomic E-state index is 0.117. The van der Waals surface area contributed by atoms with Crippen LogP contribution < -0.4 is 29.1 Å². The highest BCUT2D eigenvalue weighted by molar-refractivity contribution is 7.07. The number of carbonyl (C=O) groups is 1. The molecule has 44 heavy (non-hydrogen) atoms. The molecule has 0 unspecified atom stereocenters. The van der Waals surface area contributed by atoms with Crippen molar-refractivity contribution in [1.29, 1.82) is 0 Å². The quantitative estimate of drug-likeness (QED) is 0.236. The molecule has 0 bridgehead atoms. The summed E-state index contributed by atoms with van der Waals surface area (Å²) in [5, 5.41) is 2.32. The largest absolute Gasteiger partial charge is 0.489 e. The summed E-state index contributed by atoms with van der Waals surface area (Å²) in [5.74, 6) is 1.35. The van der Waals surface area contributed by atoms with E-state index in [0.29, 0.717) is 50.0 Å². The average molecular weight is 605 g/mol. The molecule has 0 N–H and O–H groups in total. The second-order valence-corrected chi connectivity index (χ2v) is 11.4. The zero-order chi connectivity index (χ0) is 30.2. The SMILES string of the molecule is CCOC(=O)C1=C(C)N=c2s/c(=C\c3cccc(OCc4cccc5ccccc45)c3)c(=O)n2[C@H]1c1ccc2c(c1)OCO2. The number of esters is 1. The minimum atomic E-state index is -0.739. The number of rotatable bonds is 7. The molecule has 2 aliphatic rings. The first-order valence-corrected chi connectivity index (χ1v) is 15.1. The van der Waals surface area contributed by atoms with E-state index in [1.165, 1.54) is 11.3 Å². The van der Waals surface area contributed by atoms with Gasteiger partial charge in [0, 0.05) is 0 Å². The molecule has 0 saturated heterocycles. The molecule has 8 nitrogen and oxygen atoms in total. The maximum atomic E-state index is 14.0. The average Bonchev–Trinajstić information content (AvgIpc) is 3.63. The van der Waals surface area contributed by atoms with E-state index in [1.54, 1.807) is 30.5 Å². The normalized spacial score (nSPS) is 15.7. The molecule has 4 aromatic carbocycles. The lowest BCUT2D eigenvalue weighted by molar-refractivity contribution is -0.139. The number of benzene rings is 4. The summed E-state index contributed by atoms with van der Waals surface area (Å²) in [6.45, 7) is 4.25. The molecule has 0 aliphatic carbocycles. The third kappa shape index (κ3) is 5.05. The van der Waals surface area contributed by atoms with Crippen molar-refractivity contribution in [3.8, 4) is 17.2 Å². The predicted octanol–water partition coefficient (Wildman–Crippen LogP) is 5.26. The van der Waals surface area contributed by atoms with Crippen LogP contribution in [-0.4, -0.2) is 23.9 Å². The summed E-state index contributed by atoms with van der Waals surface area (Å²) in [7, 11) is 0. The number of hydrogen-bond donors (Lipinski definition) is 0. The number of hydrogen-bond acceptors (Lipinski definition) is 8. The Morgan fingerprint density at radius 2 is 1.84 bits per heavy atom. The smallest absolute Gasteiger partial charge is 0.338 e. The molecule has 0 radical (unpaired) electrons.